The molecule has 92 valence electrons. The molecule has 0 heterocycles. The molecule has 1 fully saturated rings. The minimum atomic E-state index is -0.338. The van der Waals surface area contributed by atoms with Gasteiger partial charge in [0.25, 0.3) is 5.69 Å². The maximum absolute atomic E-state index is 10.8. The van der Waals surface area contributed by atoms with Crippen LogP contribution in [0.5, 0.6) is 0 Å². The standard InChI is InChI=1S/C13H18N2O2/c1-8-4-5-9(15(16)17)6-10(8)12-11(7-14)13(12,2)3/h4-6,11-12H,7,14H2,1-3H3/t11-,12-/m0/s1. The third-order valence-corrected chi connectivity index (χ3v) is 4.11. The molecule has 1 saturated carbocycles. The molecule has 1 aliphatic carbocycles. The van der Waals surface area contributed by atoms with Crippen LogP contribution in [0.25, 0.3) is 0 Å². The average molecular weight is 234 g/mol. The van der Waals surface area contributed by atoms with Gasteiger partial charge in [-0.2, -0.15) is 0 Å². The largest absolute Gasteiger partial charge is 0.330 e. The number of rotatable bonds is 3. The molecule has 17 heavy (non-hydrogen) atoms. The zero-order chi connectivity index (χ0) is 12.8. The molecule has 0 radical (unpaired) electrons. The summed E-state index contributed by atoms with van der Waals surface area (Å²) in [6.07, 6.45) is 0. The van der Waals surface area contributed by atoms with Crippen molar-refractivity contribution in [1.82, 2.24) is 0 Å². The van der Waals surface area contributed by atoms with Crippen LogP contribution in [0.4, 0.5) is 5.69 Å². The second-order valence-electron chi connectivity index (χ2n) is 5.44. The highest BCUT2D eigenvalue weighted by Gasteiger charge is 2.57. The molecule has 4 heteroatoms. The molecule has 1 aliphatic rings. The quantitative estimate of drug-likeness (QED) is 0.645. The zero-order valence-corrected chi connectivity index (χ0v) is 10.4. The van der Waals surface area contributed by atoms with Crippen molar-refractivity contribution in [3.05, 3.63) is 39.4 Å². The summed E-state index contributed by atoms with van der Waals surface area (Å²) in [5.74, 6) is 0.788. The summed E-state index contributed by atoms with van der Waals surface area (Å²) in [6, 6.07) is 5.10. The lowest BCUT2D eigenvalue weighted by atomic mass is 9.98. The molecular formula is C13H18N2O2. The van der Waals surface area contributed by atoms with Crippen LogP contribution < -0.4 is 5.73 Å². The van der Waals surface area contributed by atoms with E-state index in [1.54, 1.807) is 12.1 Å². The molecule has 0 spiro atoms. The van der Waals surface area contributed by atoms with Crippen LogP contribution in [0.15, 0.2) is 18.2 Å². The first-order valence-corrected chi connectivity index (χ1v) is 5.84. The van der Waals surface area contributed by atoms with E-state index in [1.807, 2.05) is 13.0 Å². The first-order chi connectivity index (χ1) is 7.89. The highest BCUT2D eigenvalue weighted by molar-refractivity contribution is 5.45. The number of nitro benzene ring substituents is 1. The number of benzene rings is 1. The first-order valence-electron chi connectivity index (χ1n) is 5.84. The van der Waals surface area contributed by atoms with Crippen LogP contribution in [0.3, 0.4) is 0 Å². The van der Waals surface area contributed by atoms with Crippen LogP contribution in [-0.2, 0) is 0 Å². The van der Waals surface area contributed by atoms with E-state index in [9.17, 15) is 10.1 Å². The molecule has 0 aliphatic heterocycles. The monoisotopic (exact) mass is 234 g/mol. The zero-order valence-electron chi connectivity index (χ0n) is 10.4. The second kappa shape index (κ2) is 3.81. The Bertz CT molecular complexity index is 468. The molecule has 0 amide bonds. The normalized spacial score (nSPS) is 25.6. The van der Waals surface area contributed by atoms with Gasteiger partial charge in [0.05, 0.1) is 4.92 Å². The van der Waals surface area contributed by atoms with Gasteiger partial charge in [0.1, 0.15) is 0 Å². The molecule has 1 aromatic carbocycles. The second-order valence-corrected chi connectivity index (χ2v) is 5.44. The molecule has 2 rings (SSSR count). The van der Waals surface area contributed by atoms with Gasteiger partial charge in [-0.1, -0.05) is 19.9 Å². The lowest BCUT2D eigenvalue weighted by molar-refractivity contribution is -0.384. The summed E-state index contributed by atoms with van der Waals surface area (Å²) >= 11 is 0. The Morgan fingerprint density at radius 1 is 1.47 bits per heavy atom. The van der Waals surface area contributed by atoms with Crippen LogP contribution in [-0.4, -0.2) is 11.5 Å². The van der Waals surface area contributed by atoms with Gasteiger partial charge >= 0.3 is 0 Å². The van der Waals surface area contributed by atoms with E-state index in [0.29, 0.717) is 18.4 Å². The van der Waals surface area contributed by atoms with Crippen molar-refractivity contribution in [3.63, 3.8) is 0 Å². The van der Waals surface area contributed by atoms with Gasteiger partial charge in [-0.05, 0) is 41.8 Å². The molecule has 0 aromatic heterocycles. The smallest absolute Gasteiger partial charge is 0.269 e. The Hall–Kier alpha value is -1.42. The summed E-state index contributed by atoms with van der Waals surface area (Å²) in [7, 11) is 0. The van der Waals surface area contributed by atoms with E-state index in [-0.39, 0.29) is 16.0 Å². The van der Waals surface area contributed by atoms with Gasteiger partial charge in [0.2, 0.25) is 0 Å². The maximum atomic E-state index is 10.8. The van der Waals surface area contributed by atoms with Crippen LogP contribution in [0.2, 0.25) is 0 Å². The van der Waals surface area contributed by atoms with Gasteiger partial charge in [-0.25, -0.2) is 0 Å². The van der Waals surface area contributed by atoms with Gasteiger partial charge in [0.15, 0.2) is 0 Å². The Kier molecular flexibility index (Phi) is 2.70. The Labute approximate surface area is 101 Å². The van der Waals surface area contributed by atoms with E-state index >= 15 is 0 Å². The number of nitrogens with zero attached hydrogens (tertiary/aromatic N) is 1. The number of hydrogen-bond donors (Lipinski definition) is 1. The molecule has 1 aromatic rings. The van der Waals surface area contributed by atoms with Crippen molar-refractivity contribution < 1.29 is 4.92 Å². The van der Waals surface area contributed by atoms with Crippen molar-refractivity contribution in [2.75, 3.05) is 6.54 Å². The van der Waals surface area contributed by atoms with E-state index in [2.05, 4.69) is 13.8 Å². The predicted octanol–water partition coefficient (Wildman–Crippen LogP) is 2.60. The molecular weight excluding hydrogens is 216 g/mol. The molecule has 0 unspecified atom stereocenters. The fraction of sp³-hybridized carbons (Fsp3) is 0.538. The van der Waals surface area contributed by atoms with E-state index in [0.717, 1.165) is 11.1 Å². The van der Waals surface area contributed by atoms with E-state index in [1.165, 1.54) is 0 Å². The Morgan fingerprint density at radius 3 is 2.59 bits per heavy atom. The number of non-ortho nitro benzene ring substituents is 1. The highest BCUT2D eigenvalue weighted by Crippen LogP contribution is 2.64. The van der Waals surface area contributed by atoms with Crippen molar-refractivity contribution in [2.45, 2.75) is 26.7 Å². The third kappa shape index (κ3) is 1.82. The van der Waals surface area contributed by atoms with Crippen LogP contribution in [0, 0.1) is 28.4 Å². The van der Waals surface area contributed by atoms with Gasteiger partial charge in [-0.15, -0.1) is 0 Å². The topological polar surface area (TPSA) is 69.2 Å². The van der Waals surface area contributed by atoms with Crippen LogP contribution in [0.1, 0.15) is 30.9 Å². The lowest BCUT2D eigenvalue weighted by Crippen LogP contribution is -2.05. The summed E-state index contributed by atoms with van der Waals surface area (Å²) in [6.45, 7) is 6.99. The van der Waals surface area contributed by atoms with Gasteiger partial charge < -0.3 is 5.73 Å². The van der Waals surface area contributed by atoms with E-state index in [4.69, 9.17) is 5.73 Å². The average Bonchev–Trinajstić information content (AvgIpc) is 2.80. The number of aryl methyl sites for hydroxylation is 1. The Balaban J connectivity index is 2.40. The summed E-state index contributed by atoms with van der Waals surface area (Å²) in [5, 5.41) is 10.8. The SMILES string of the molecule is Cc1ccc([N+](=O)[O-])cc1[C@H]1[C@H](CN)C1(C)C. The van der Waals surface area contributed by atoms with Crippen molar-refractivity contribution >= 4 is 5.69 Å². The molecule has 0 bridgehead atoms. The minimum Gasteiger partial charge on any atom is -0.330 e. The molecule has 4 nitrogen and oxygen atoms in total. The predicted molar refractivity (Wildman–Crippen MR) is 66.9 cm³/mol. The third-order valence-electron chi connectivity index (χ3n) is 4.11. The van der Waals surface area contributed by atoms with Crippen molar-refractivity contribution in [3.8, 4) is 0 Å². The molecule has 2 atom stereocenters. The van der Waals surface area contributed by atoms with Crippen molar-refractivity contribution in [1.29, 1.82) is 0 Å². The number of nitro groups is 1. The summed E-state index contributed by atoms with van der Waals surface area (Å²) in [5.41, 5.74) is 8.28. The highest BCUT2D eigenvalue weighted by atomic mass is 16.6. The number of hydrogen-bond acceptors (Lipinski definition) is 3. The van der Waals surface area contributed by atoms with Gasteiger partial charge in [-0.3, -0.25) is 10.1 Å². The summed E-state index contributed by atoms with van der Waals surface area (Å²) in [4.78, 5) is 10.5. The Morgan fingerprint density at radius 2 is 2.12 bits per heavy atom. The fourth-order valence-electron chi connectivity index (χ4n) is 2.88. The van der Waals surface area contributed by atoms with E-state index < -0.39 is 0 Å². The summed E-state index contributed by atoms with van der Waals surface area (Å²) < 4.78 is 0. The van der Waals surface area contributed by atoms with Crippen molar-refractivity contribution in [2.24, 2.45) is 17.1 Å². The lowest BCUT2D eigenvalue weighted by Gasteiger charge is -2.07. The maximum Gasteiger partial charge on any atom is 0.269 e. The molecule has 0 saturated heterocycles. The minimum absolute atomic E-state index is 0.161. The number of nitrogens with two attached hydrogens (primary N) is 1. The van der Waals surface area contributed by atoms with Gasteiger partial charge in [0, 0.05) is 12.1 Å². The van der Waals surface area contributed by atoms with Crippen LogP contribution >= 0.6 is 0 Å². The molecule has 2 N–H and O–H groups in total. The first kappa shape index (κ1) is 12.0. The fourth-order valence-corrected chi connectivity index (χ4v) is 2.88.